The Morgan fingerprint density at radius 3 is 1.93 bits per heavy atom. The molecule has 0 saturated heterocycles. The third-order valence-electron chi connectivity index (χ3n) is 16.5. The molecule has 2 aromatic heterocycles. The number of fused-ring (bicyclic) bond motifs is 5. The zero-order valence-corrected chi connectivity index (χ0v) is 50.6. The van der Waals surface area contributed by atoms with Gasteiger partial charge in [0.1, 0.15) is 11.5 Å². The van der Waals surface area contributed by atoms with Crippen LogP contribution in [0.1, 0.15) is 125 Å². The maximum atomic E-state index is 9.73. The Balaban J connectivity index is 0.00000848. The number of nitrogens with zero attached hydrogens (tertiary/aromatic N) is 4. The van der Waals surface area contributed by atoms with E-state index in [2.05, 4.69) is 112 Å². The minimum Gasteiger partial charge on any atom is -0.509 e. The van der Waals surface area contributed by atoms with Gasteiger partial charge in [0.25, 0.3) is 11.4 Å². The van der Waals surface area contributed by atoms with E-state index in [0.717, 1.165) is 57.5 Å². The number of rotatable bonds is 9. The van der Waals surface area contributed by atoms with Crippen LogP contribution in [0, 0.1) is 19.0 Å². The largest absolute Gasteiger partial charge is 2.00 e. The van der Waals surface area contributed by atoms with E-state index in [1.54, 1.807) is 41.1 Å². The van der Waals surface area contributed by atoms with Crippen LogP contribution in [0.2, 0.25) is 0 Å². The number of pyridine rings is 1. The monoisotopic (exact) mass is 1270 g/mol. The zero-order chi connectivity index (χ0) is 66.3. The first-order valence-electron chi connectivity index (χ1n) is 33.6. The van der Waals surface area contributed by atoms with Crippen LogP contribution in [0.15, 0.2) is 200 Å². The Labute approximate surface area is 520 Å². The Bertz CT molecular complexity index is 4990. The third-order valence-corrected chi connectivity index (χ3v) is 16.5. The summed E-state index contributed by atoms with van der Waals surface area (Å²) in [6, 6.07) is 54.1. The molecule has 0 spiro atoms. The molecule has 0 atom stereocenters. The van der Waals surface area contributed by atoms with Gasteiger partial charge in [-0.25, -0.2) is 4.98 Å². The molecule has 0 N–H and O–H groups in total. The van der Waals surface area contributed by atoms with Gasteiger partial charge in [0.2, 0.25) is 5.69 Å². The van der Waals surface area contributed by atoms with Crippen molar-refractivity contribution in [1.82, 2.24) is 18.7 Å². The van der Waals surface area contributed by atoms with Gasteiger partial charge in [0, 0.05) is 45.0 Å². The van der Waals surface area contributed by atoms with E-state index >= 15 is 0 Å². The second-order valence-electron chi connectivity index (χ2n) is 25.1. The molecule has 0 saturated carbocycles. The molecule has 1 aliphatic carbocycles. The number of para-hydroxylation sites is 4. The molecule has 0 amide bonds. The maximum absolute atomic E-state index is 9.73. The molecule has 5 nitrogen and oxygen atoms in total. The van der Waals surface area contributed by atoms with Crippen molar-refractivity contribution in [2.75, 3.05) is 0 Å². The summed E-state index contributed by atoms with van der Waals surface area (Å²) >= 11 is 0. The molecule has 0 unspecified atom stereocenters. The quantitative estimate of drug-likeness (QED) is 0.107. The number of hydrogen-bond acceptors (Lipinski definition) is 2. The van der Waals surface area contributed by atoms with Crippen LogP contribution in [0.25, 0.3) is 72.1 Å². The molecule has 3 heterocycles. The fourth-order valence-electron chi connectivity index (χ4n) is 11.9. The summed E-state index contributed by atoms with van der Waals surface area (Å²) in [5.41, 5.74) is 10.8. The smallest absolute Gasteiger partial charge is 0.509 e. The van der Waals surface area contributed by atoms with Crippen LogP contribution >= 0.6 is 0 Å². The van der Waals surface area contributed by atoms with Crippen molar-refractivity contribution < 1.29 is 40.9 Å². The molecule has 0 radical (unpaired) electrons. The number of aromatic nitrogens is 2. The van der Waals surface area contributed by atoms with Gasteiger partial charge in [-0.2, -0.15) is 12.1 Å². The summed E-state index contributed by atoms with van der Waals surface area (Å²) < 4.78 is 114. The van der Waals surface area contributed by atoms with Crippen molar-refractivity contribution >= 4 is 50.6 Å². The summed E-state index contributed by atoms with van der Waals surface area (Å²) in [4.78, 5) is 4.99. The van der Waals surface area contributed by atoms with E-state index in [9.17, 15) is 8.22 Å². The van der Waals surface area contributed by atoms with E-state index < -0.39 is 18.9 Å². The predicted octanol–water partition coefficient (Wildman–Crippen LogP) is 20.3. The van der Waals surface area contributed by atoms with Gasteiger partial charge in [-0.05, 0) is 131 Å². The summed E-state index contributed by atoms with van der Waals surface area (Å²) in [5.74, 6) is 0.589. The van der Waals surface area contributed by atoms with Crippen molar-refractivity contribution in [3.8, 4) is 61.8 Å². The first-order valence-corrected chi connectivity index (χ1v) is 28.1. The van der Waals surface area contributed by atoms with Gasteiger partial charge in [0.05, 0.1) is 22.1 Å². The second kappa shape index (κ2) is 20.9. The zero-order valence-electron chi connectivity index (χ0n) is 59.4. The predicted molar refractivity (Wildman–Crippen MR) is 343 cm³/mol. The fourth-order valence-corrected chi connectivity index (χ4v) is 11.9. The van der Waals surface area contributed by atoms with Crippen molar-refractivity contribution in [3.05, 3.63) is 240 Å². The molecule has 13 rings (SSSR count). The summed E-state index contributed by atoms with van der Waals surface area (Å²) in [5, 5.41) is 0.628. The summed E-state index contributed by atoms with van der Waals surface area (Å²) in [6.45, 7) is 19.3. The van der Waals surface area contributed by atoms with E-state index in [1.165, 1.54) is 6.07 Å². The number of ether oxygens (including phenoxy) is 1. The summed E-state index contributed by atoms with van der Waals surface area (Å²) in [7, 11) is 0. The van der Waals surface area contributed by atoms with E-state index in [-0.39, 0.29) is 129 Å². The molecule has 11 aromatic rings. The standard InChI is InChI=1S/C77H70N4O.Pt/c1-50-42-71(78-48-65(50)64-29-21-30-66-72(64)77(10,11)41-40-76(66,8)9)81-67-31-16-15-26-62(67)63-39-38-59(47-70(63)81)82-58-25-19-24-57(46-58)79-49-80(69-33-18-17-32-68(69)79)73-60(53-36-34-52(35-37-53)51-22-13-12-14-23-51)27-20-28-61(73)54-43-55(74(2,3)4)45-56(44-54)75(5,6)7;/h12-39,42-45,48H,40-41H2,1-11H3;/q;+2/i1D3,15D,16D,26D,31D,34D,35D,36D,37D;. The van der Waals surface area contributed by atoms with Gasteiger partial charge in [-0.15, -0.1) is 23.6 Å². The molecule has 0 fully saturated rings. The van der Waals surface area contributed by atoms with E-state index in [0.29, 0.717) is 39.1 Å². The molecule has 6 heteroatoms. The second-order valence-corrected chi connectivity index (χ2v) is 25.1. The van der Waals surface area contributed by atoms with Gasteiger partial charge in [0.15, 0.2) is 0 Å². The van der Waals surface area contributed by atoms with Crippen LogP contribution in [-0.4, -0.2) is 15.6 Å². The van der Waals surface area contributed by atoms with Gasteiger partial charge in [-0.1, -0.05) is 219 Å². The average molecular weight is 1270 g/mol. The molecule has 412 valence electrons. The van der Waals surface area contributed by atoms with Crippen LogP contribution in [-0.2, 0) is 42.7 Å². The topological polar surface area (TPSA) is 33.1 Å². The Hall–Kier alpha value is -8.20. The van der Waals surface area contributed by atoms with E-state index in [1.807, 2.05) is 94.1 Å². The Morgan fingerprint density at radius 1 is 0.578 bits per heavy atom. The Kier molecular flexibility index (Phi) is 10.9. The van der Waals surface area contributed by atoms with Crippen molar-refractivity contribution in [1.29, 1.82) is 0 Å². The van der Waals surface area contributed by atoms with E-state index in [4.69, 9.17) is 16.6 Å². The minimum absolute atomic E-state index is 0. The Morgan fingerprint density at radius 2 is 1.20 bits per heavy atom. The van der Waals surface area contributed by atoms with Crippen LogP contribution < -0.4 is 13.9 Å². The van der Waals surface area contributed by atoms with Gasteiger partial charge >= 0.3 is 27.1 Å². The van der Waals surface area contributed by atoms with Crippen LogP contribution in [0.4, 0.5) is 22.7 Å². The molecule has 2 aliphatic rings. The minimum atomic E-state index is -2.63. The molecular formula is C77H70N4OPt+2. The molecule has 9 aromatic carbocycles. The molecule has 83 heavy (non-hydrogen) atoms. The molecular weight excluding hydrogens is 1190 g/mol. The number of hydrogen-bond donors (Lipinski definition) is 0. The van der Waals surface area contributed by atoms with Crippen molar-refractivity contribution in [2.24, 2.45) is 0 Å². The molecule has 0 bridgehead atoms. The average Bonchev–Trinajstić information content (AvgIpc) is 1.41. The van der Waals surface area contributed by atoms with Crippen molar-refractivity contribution in [2.45, 2.75) is 111 Å². The number of aryl methyl sites for hydroxylation is 1. The maximum Gasteiger partial charge on any atom is 2.00 e. The number of benzene rings is 9. The first-order chi connectivity index (χ1) is 43.9. The SMILES string of the molecule is [2H]c1c([2H])c(-c2cccc(-c3cc(C(C)(C)C)cc(C(C)(C)C)c3)c2[N+]2=C=[N+](c3[c-]c(Oc4[c-]c5c(cc4)c4c([2H])c([2H])c([2H])c([2H])c4n5-c4cc(C([2H])([2H])[2H])c(-c5cccc6c5C(C)(C)CCC6(C)C)cn4)ccc3)c3ccccc32)c([2H])c([2H])c1-c1ccccc1.[Pt+2]. The third kappa shape index (κ3) is 10.0. The fraction of sp³-hybridized carbons (Fsp3) is 0.221. The van der Waals surface area contributed by atoms with Crippen molar-refractivity contribution in [3.63, 3.8) is 0 Å². The normalized spacial score (nSPS) is 16.4. The summed E-state index contributed by atoms with van der Waals surface area (Å²) in [6.07, 6.45) is 3.45. The van der Waals surface area contributed by atoms with Crippen LogP contribution in [0.5, 0.6) is 11.5 Å². The first kappa shape index (κ1) is 43.5. The van der Waals surface area contributed by atoms with Gasteiger partial charge in [-0.3, -0.25) is 0 Å². The van der Waals surface area contributed by atoms with Crippen LogP contribution in [0.3, 0.4) is 0 Å². The van der Waals surface area contributed by atoms with Gasteiger partial charge < -0.3 is 9.30 Å². The molecule has 1 aliphatic heterocycles.